The Morgan fingerprint density at radius 1 is 1.17 bits per heavy atom. The minimum Gasteiger partial charge on any atom is -0.488 e. The van der Waals surface area contributed by atoms with Crippen LogP contribution >= 0.6 is 0 Å². The monoisotopic (exact) mass is 312 g/mol. The molecular formula is C19H24N2O2. The number of fused-ring (bicyclic) bond motifs is 1. The summed E-state index contributed by atoms with van der Waals surface area (Å²) in [5.41, 5.74) is 5.48. The molecular weight excluding hydrogens is 288 g/mol. The summed E-state index contributed by atoms with van der Waals surface area (Å²) in [5, 5.41) is 2.25. The Kier molecular flexibility index (Phi) is 4.02. The molecule has 0 aromatic heterocycles. The fourth-order valence-electron chi connectivity index (χ4n) is 3.37. The quantitative estimate of drug-likeness (QED) is 0.948. The van der Waals surface area contributed by atoms with Gasteiger partial charge in [0, 0.05) is 23.9 Å². The van der Waals surface area contributed by atoms with Gasteiger partial charge in [-0.15, -0.1) is 0 Å². The molecule has 4 nitrogen and oxygen atoms in total. The average Bonchev–Trinajstić information content (AvgIpc) is 2.92. The first kappa shape index (κ1) is 15.8. The fraction of sp³-hybridized carbons (Fsp3) is 0.421. The maximum absolute atomic E-state index is 11.8. The van der Waals surface area contributed by atoms with Gasteiger partial charge in [0.1, 0.15) is 11.9 Å². The zero-order valence-corrected chi connectivity index (χ0v) is 14.0. The number of likely N-dealkylation sites (tertiary alicyclic amines) is 1. The van der Waals surface area contributed by atoms with Gasteiger partial charge >= 0.3 is 0 Å². The molecule has 2 N–H and O–H groups in total. The molecule has 0 aliphatic carbocycles. The number of benzene rings is 2. The number of carbonyl (C=O) groups excluding carboxylic acids is 1. The third-order valence-corrected chi connectivity index (χ3v) is 4.50. The van der Waals surface area contributed by atoms with Crippen LogP contribution in [0.3, 0.4) is 0 Å². The number of ether oxygens (including phenoxy) is 1. The maximum Gasteiger partial charge on any atom is 0.234 e. The van der Waals surface area contributed by atoms with Crippen molar-refractivity contribution in [3.63, 3.8) is 0 Å². The van der Waals surface area contributed by atoms with Crippen LogP contribution in [0.4, 0.5) is 0 Å². The van der Waals surface area contributed by atoms with Gasteiger partial charge in [0.25, 0.3) is 0 Å². The molecule has 1 amide bonds. The van der Waals surface area contributed by atoms with Crippen molar-refractivity contribution < 1.29 is 9.53 Å². The minimum atomic E-state index is -0.274. The molecule has 1 aliphatic heterocycles. The van der Waals surface area contributed by atoms with Gasteiger partial charge in [-0.1, -0.05) is 36.4 Å². The van der Waals surface area contributed by atoms with Crippen LogP contribution in [0.1, 0.15) is 27.2 Å². The molecule has 1 fully saturated rings. The van der Waals surface area contributed by atoms with Crippen molar-refractivity contribution in [2.24, 2.45) is 5.73 Å². The van der Waals surface area contributed by atoms with E-state index in [1.165, 1.54) is 0 Å². The molecule has 2 aromatic carbocycles. The number of nitrogens with zero attached hydrogens (tertiary/aromatic N) is 1. The predicted octanol–water partition coefficient (Wildman–Crippen LogP) is 2.95. The summed E-state index contributed by atoms with van der Waals surface area (Å²) in [6.45, 7) is 7.01. The van der Waals surface area contributed by atoms with Crippen molar-refractivity contribution in [1.82, 2.24) is 4.90 Å². The predicted molar refractivity (Wildman–Crippen MR) is 92.4 cm³/mol. The molecule has 4 heteroatoms. The first-order valence-corrected chi connectivity index (χ1v) is 8.07. The highest BCUT2D eigenvalue weighted by molar-refractivity contribution is 5.88. The Bertz CT molecular complexity index is 715. The smallest absolute Gasteiger partial charge is 0.234 e. The Labute approximate surface area is 137 Å². The van der Waals surface area contributed by atoms with Crippen LogP contribution < -0.4 is 10.5 Å². The molecule has 0 unspecified atom stereocenters. The van der Waals surface area contributed by atoms with E-state index in [4.69, 9.17) is 10.5 Å². The van der Waals surface area contributed by atoms with Crippen LogP contribution in [0.25, 0.3) is 10.8 Å². The number of rotatable bonds is 3. The largest absolute Gasteiger partial charge is 0.488 e. The number of hydrogen-bond donors (Lipinski definition) is 1. The number of hydrogen-bond acceptors (Lipinski definition) is 3. The zero-order valence-electron chi connectivity index (χ0n) is 14.0. The highest BCUT2D eigenvalue weighted by Crippen LogP contribution is 2.32. The van der Waals surface area contributed by atoms with Crippen molar-refractivity contribution in [3.05, 3.63) is 42.5 Å². The fourth-order valence-corrected chi connectivity index (χ4v) is 3.37. The van der Waals surface area contributed by atoms with Crippen LogP contribution in [0.15, 0.2) is 42.5 Å². The lowest BCUT2D eigenvalue weighted by Crippen LogP contribution is -2.50. The first-order valence-electron chi connectivity index (χ1n) is 8.07. The summed E-state index contributed by atoms with van der Waals surface area (Å²) in [5.74, 6) is 0.594. The lowest BCUT2D eigenvalue weighted by molar-refractivity contribution is -0.123. The molecule has 1 aliphatic rings. The van der Waals surface area contributed by atoms with Crippen molar-refractivity contribution >= 4 is 16.7 Å². The molecule has 23 heavy (non-hydrogen) atoms. The van der Waals surface area contributed by atoms with Gasteiger partial charge in [-0.3, -0.25) is 9.69 Å². The highest BCUT2D eigenvalue weighted by atomic mass is 16.5. The molecule has 122 valence electrons. The second kappa shape index (κ2) is 5.85. The van der Waals surface area contributed by atoms with Gasteiger partial charge in [-0.25, -0.2) is 0 Å². The summed E-state index contributed by atoms with van der Waals surface area (Å²) in [6, 6.07) is 14.0. The zero-order chi connectivity index (χ0) is 16.6. The second-order valence-electron chi connectivity index (χ2n) is 7.19. The Hall–Kier alpha value is -2.07. The van der Waals surface area contributed by atoms with E-state index in [9.17, 15) is 4.79 Å². The number of amides is 1. The molecule has 2 aromatic rings. The van der Waals surface area contributed by atoms with Crippen molar-refractivity contribution in [1.29, 1.82) is 0 Å². The topological polar surface area (TPSA) is 55.6 Å². The van der Waals surface area contributed by atoms with Crippen LogP contribution in [0.2, 0.25) is 0 Å². The molecule has 2 atom stereocenters. The molecule has 0 saturated carbocycles. The van der Waals surface area contributed by atoms with E-state index in [1.807, 2.05) is 24.3 Å². The molecule has 1 heterocycles. The number of nitrogens with two attached hydrogens (primary N) is 1. The van der Waals surface area contributed by atoms with E-state index in [0.717, 1.165) is 16.5 Å². The number of carbonyl (C=O) groups is 1. The SMILES string of the molecule is CC(C)(C)N1C[C@@H](Oc2cccc3ccccc23)C[C@H]1C(N)=O. The van der Waals surface area contributed by atoms with Crippen molar-refractivity contribution in [3.8, 4) is 5.75 Å². The lowest BCUT2D eigenvalue weighted by atomic mass is 10.0. The second-order valence-corrected chi connectivity index (χ2v) is 7.19. The van der Waals surface area contributed by atoms with Crippen LogP contribution in [0.5, 0.6) is 5.75 Å². The van der Waals surface area contributed by atoms with Gasteiger partial charge in [0.2, 0.25) is 5.91 Å². The summed E-state index contributed by atoms with van der Waals surface area (Å²) in [4.78, 5) is 13.9. The van der Waals surface area contributed by atoms with Gasteiger partial charge in [0.15, 0.2) is 0 Å². The summed E-state index contributed by atoms with van der Waals surface area (Å²) >= 11 is 0. The van der Waals surface area contributed by atoms with Crippen molar-refractivity contribution in [2.45, 2.75) is 44.9 Å². The van der Waals surface area contributed by atoms with Gasteiger partial charge in [-0.2, -0.15) is 0 Å². The van der Waals surface area contributed by atoms with E-state index in [1.54, 1.807) is 0 Å². The van der Waals surface area contributed by atoms with Crippen LogP contribution in [-0.4, -0.2) is 35.0 Å². The molecule has 3 rings (SSSR count). The summed E-state index contributed by atoms with van der Waals surface area (Å²) in [6.07, 6.45) is 0.605. The van der Waals surface area contributed by atoms with E-state index < -0.39 is 0 Å². The first-order chi connectivity index (χ1) is 10.9. The van der Waals surface area contributed by atoms with E-state index in [-0.39, 0.29) is 23.6 Å². The molecule has 0 spiro atoms. The third-order valence-electron chi connectivity index (χ3n) is 4.50. The number of primary amides is 1. The molecule has 1 saturated heterocycles. The summed E-state index contributed by atoms with van der Waals surface area (Å²) in [7, 11) is 0. The van der Waals surface area contributed by atoms with Gasteiger partial charge in [0.05, 0.1) is 6.04 Å². The van der Waals surface area contributed by atoms with E-state index >= 15 is 0 Å². The average molecular weight is 312 g/mol. The van der Waals surface area contributed by atoms with E-state index in [0.29, 0.717) is 13.0 Å². The third kappa shape index (κ3) is 3.17. The Balaban J connectivity index is 1.84. The Morgan fingerprint density at radius 2 is 1.87 bits per heavy atom. The standard InChI is InChI=1S/C19H24N2O2/c1-19(2,3)21-12-14(11-16(21)18(20)22)23-17-10-6-8-13-7-4-5-9-15(13)17/h4-10,14,16H,11-12H2,1-3H3,(H2,20,22)/t14-,16-/m0/s1. The highest BCUT2D eigenvalue weighted by Gasteiger charge is 2.42. The minimum absolute atomic E-state index is 0.0301. The van der Waals surface area contributed by atoms with Crippen LogP contribution in [-0.2, 0) is 4.79 Å². The molecule has 0 radical (unpaired) electrons. The normalized spacial score (nSPS) is 22.4. The van der Waals surface area contributed by atoms with Gasteiger partial charge in [-0.05, 0) is 32.2 Å². The van der Waals surface area contributed by atoms with E-state index in [2.05, 4.69) is 43.9 Å². The Morgan fingerprint density at radius 3 is 2.52 bits per heavy atom. The lowest BCUT2D eigenvalue weighted by Gasteiger charge is -2.35. The maximum atomic E-state index is 11.8. The van der Waals surface area contributed by atoms with Gasteiger partial charge < -0.3 is 10.5 Å². The van der Waals surface area contributed by atoms with Crippen molar-refractivity contribution in [2.75, 3.05) is 6.54 Å². The summed E-state index contributed by atoms with van der Waals surface area (Å²) < 4.78 is 6.24. The van der Waals surface area contributed by atoms with Crippen LogP contribution in [0, 0.1) is 0 Å². The molecule has 0 bridgehead atoms.